The van der Waals surface area contributed by atoms with Crippen molar-refractivity contribution < 1.29 is 13.2 Å². The largest absolute Gasteiger partial charge is 0.417 e. The number of hydrazine groups is 1. The summed E-state index contributed by atoms with van der Waals surface area (Å²) >= 11 is 0. The zero-order valence-electron chi connectivity index (χ0n) is 9.07. The first-order chi connectivity index (χ1) is 8.52. The van der Waals surface area contributed by atoms with Gasteiger partial charge >= 0.3 is 6.18 Å². The van der Waals surface area contributed by atoms with E-state index in [1.165, 1.54) is 30.5 Å². The average Bonchev–Trinajstić information content (AvgIpc) is 2.38. The van der Waals surface area contributed by atoms with Crippen LogP contribution < -0.4 is 11.3 Å². The fourth-order valence-electron chi connectivity index (χ4n) is 1.53. The summed E-state index contributed by atoms with van der Waals surface area (Å²) in [4.78, 5) is 7.64. The van der Waals surface area contributed by atoms with Crippen molar-refractivity contribution in [2.45, 2.75) is 6.18 Å². The Balaban J connectivity index is 2.57. The molecule has 1 aromatic carbocycles. The maximum Gasteiger partial charge on any atom is 0.417 e. The van der Waals surface area contributed by atoms with Crippen LogP contribution in [0.15, 0.2) is 36.5 Å². The molecule has 0 atom stereocenters. The summed E-state index contributed by atoms with van der Waals surface area (Å²) < 4.78 is 38.5. The van der Waals surface area contributed by atoms with Crippen LogP contribution in [0, 0.1) is 0 Å². The fraction of sp³-hybridized carbons (Fsp3) is 0.0909. The fourth-order valence-corrected chi connectivity index (χ4v) is 1.53. The zero-order chi connectivity index (χ0) is 13.2. The molecule has 0 fully saturated rings. The smallest absolute Gasteiger partial charge is 0.292 e. The maximum atomic E-state index is 12.8. The molecule has 0 aliphatic heterocycles. The van der Waals surface area contributed by atoms with Crippen LogP contribution in [-0.4, -0.2) is 9.97 Å². The Bertz CT molecular complexity index is 554. The second-order valence-corrected chi connectivity index (χ2v) is 3.45. The van der Waals surface area contributed by atoms with Crippen molar-refractivity contribution in [3.05, 3.63) is 42.1 Å². The zero-order valence-corrected chi connectivity index (χ0v) is 9.07. The lowest BCUT2D eigenvalue weighted by atomic mass is 10.0. The van der Waals surface area contributed by atoms with Gasteiger partial charge in [0.2, 0.25) is 5.95 Å². The van der Waals surface area contributed by atoms with Gasteiger partial charge < -0.3 is 0 Å². The van der Waals surface area contributed by atoms with Crippen molar-refractivity contribution in [1.29, 1.82) is 0 Å². The van der Waals surface area contributed by atoms with Crippen molar-refractivity contribution in [2.24, 2.45) is 5.84 Å². The molecule has 0 bridgehead atoms. The lowest BCUT2D eigenvalue weighted by molar-refractivity contribution is -0.137. The summed E-state index contributed by atoms with van der Waals surface area (Å²) in [5, 5.41) is 0. The van der Waals surface area contributed by atoms with Gasteiger partial charge in [-0.2, -0.15) is 13.2 Å². The van der Waals surface area contributed by atoms with Gasteiger partial charge in [0.1, 0.15) is 0 Å². The number of aromatic nitrogens is 2. The van der Waals surface area contributed by atoms with Crippen molar-refractivity contribution in [3.8, 4) is 11.3 Å². The third-order valence-corrected chi connectivity index (χ3v) is 2.29. The van der Waals surface area contributed by atoms with Gasteiger partial charge in [0.15, 0.2) is 0 Å². The topological polar surface area (TPSA) is 63.8 Å². The first-order valence-corrected chi connectivity index (χ1v) is 4.98. The molecule has 3 N–H and O–H groups in total. The van der Waals surface area contributed by atoms with Crippen molar-refractivity contribution >= 4 is 5.95 Å². The van der Waals surface area contributed by atoms with Crippen LogP contribution in [0.1, 0.15) is 5.56 Å². The van der Waals surface area contributed by atoms with E-state index in [-0.39, 0.29) is 17.2 Å². The molecular formula is C11H9F3N4. The molecule has 0 aliphatic carbocycles. The second kappa shape index (κ2) is 4.61. The summed E-state index contributed by atoms with van der Waals surface area (Å²) in [5.41, 5.74) is 1.60. The number of nitrogens with one attached hydrogen (secondary N) is 1. The standard InChI is InChI=1S/C11H9F3N4/c12-11(13,14)8-4-2-1-3-7(8)9-5-6-16-10(17-9)18-15/h1-6H,15H2,(H,16,17,18). The molecule has 0 amide bonds. The van der Waals surface area contributed by atoms with E-state index in [4.69, 9.17) is 5.84 Å². The first-order valence-electron chi connectivity index (χ1n) is 4.98. The van der Waals surface area contributed by atoms with Gasteiger partial charge in [-0.25, -0.2) is 15.8 Å². The molecule has 1 heterocycles. The number of nitrogens with two attached hydrogens (primary N) is 1. The van der Waals surface area contributed by atoms with Crippen LogP contribution in [0.4, 0.5) is 19.1 Å². The number of halogens is 3. The number of hydrogen-bond acceptors (Lipinski definition) is 4. The van der Waals surface area contributed by atoms with Gasteiger partial charge in [0, 0.05) is 11.8 Å². The predicted octanol–water partition coefficient (Wildman–Crippen LogP) is 2.45. The van der Waals surface area contributed by atoms with Gasteiger partial charge in [0.25, 0.3) is 0 Å². The van der Waals surface area contributed by atoms with Crippen LogP contribution in [0.3, 0.4) is 0 Å². The highest BCUT2D eigenvalue weighted by Gasteiger charge is 2.33. The third-order valence-electron chi connectivity index (χ3n) is 2.29. The second-order valence-electron chi connectivity index (χ2n) is 3.45. The summed E-state index contributed by atoms with van der Waals surface area (Å²) in [6, 6.07) is 6.60. The van der Waals surface area contributed by atoms with E-state index in [0.29, 0.717) is 0 Å². The summed E-state index contributed by atoms with van der Waals surface area (Å²) in [6.07, 6.45) is -3.09. The first kappa shape index (κ1) is 12.3. The highest BCUT2D eigenvalue weighted by atomic mass is 19.4. The predicted molar refractivity (Wildman–Crippen MR) is 60.3 cm³/mol. The highest BCUT2D eigenvalue weighted by Crippen LogP contribution is 2.36. The van der Waals surface area contributed by atoms with Crippen molar-refractivity contribution in [2.75, 3.05) is 5.43 Å². The number of nitrogen functional groups attached to an aromatic ring is 1. The molecule has 0 saturated carbocycles. The molecule has 0 spiro atoms. The van der Waals surface area contributed by atoms with Crippen LogP contribution in [0.5, 0.6) is 0 Å². The van der Waals surface area contributed by atoms with E-state index in [2.05, 4.69) is 15.4 Å². The van der Waals surface area contributed by atoms with Gasteiger partial charge in [-0.15, -0.1) is 0 Å². The number of nitrogens with zero attached hydrogens (tertiary/aromatic N) is 2. The molecule has 18 heavy (non-hydrogen) atoms. The molecule has 1 aromatic heterocycles. The van der Waals surface area contributed by atoms with Gasteiger partial charge in [0.05, 0.1) is 11.3 Å². The molecule has 7 heteroatoms. The Morgan fingerprint density at radius 2 is 1.83 bits per heavy atom. The normalized spacial score (nSPS) is 11.3. The Labute approximate surface area is 101 Å². The Kier molecular flexibility index (Phi) is 3.15. The van der Waals surface area contributed by atoms with Crippen LogP contribution in [0.25, 0.3) is 11.3 Å². The maximum absolute atomic E-state index is 12.8. The molecule has 4 nitrogen and oxygen atoms in total. The van der Waals surface area contributed by atoms with Gasteiger partial charge in [-0.05, 0) is 12.1 Å². The lowest BCUT2D eigenvalue weighted by Gasteiger charge is -2.12. The van der Waals surface area contributed by atoms with E-state index in [1.54, 1.807) is 0 Å². The number of anilines is 1. The minimum Gasteiger partial charge on any atom is -0.292 e. The van der Waals surface area contributed by atoms with Crippen LogP contribution in [-0.2, 0) is 6.18 Å². The minimum absolute atomic E-state index is 0.0103. The highest BCUT2D eigenvalue weighted by molar-refractivity contribution is 5.65. The summed E-state index contributed by atoms with van der Waals surface area (Å²) in [6.45, 7) is 0. The molecule has 0 radical (unpaired) electrons. The van der Waals surface area contributed by atoms with E-state index >= 15 is 0 Å². The molecule has 2 rings (SSSR count). The van der Waals surface area contributed by atoms with Crippen molar-refractivity contribution in [3.63, 3.8) is 0 Å². The minimum atomic E-state index is -4.43. The molecule has 2 aromatic rings. The SMILES string of the molecule is NNc1nccc(-c2ccccc2C(F)(F)F)n1. The quantitative estimate of drug-likeness (QED) is 0.638. The van der Waals surface area contributed by atoms with Crippen LogP contribution in [0.2, 0.25) is 0 Å². The van der Waals surface area contributed by atoms with E-state index in [0.717, 1.165) is 6.07 Å². The lowest BCUT2D eigenvalue weighted by Crippen LogP contribution is -2.11. The van der Waals surface area contributed by atoms with Crippen LogP contribution >= 0.6 is 0 Å². The summed E-state index contributed by atoms with van der Waals surface area (Å²) in [7, 11) is 0. The molecule has 0 unspecified atom stereocenters. The van der Waals surface area contributed by atoms with E-state index in [9.17, 15) is 13.2 Å². The number of alkyl halides is 3. The van der Waals surface area contributed by atoms with E-state index in [1.807, 2.05) is 0 Å². The van der Waals surface area contributed by atoms with Gasteiger partial charge in [-0.1, -0.05) is 18.2 Å². The molecule has 0 aliphatic rings. The number of hydrogen-bond donors (Lipinski definition) is 2. The molecule has 94 valence electrons. The Morgan fingerprint density at radius 3 is 2.50 bits per heavy atom. The Hall–Kier alpha value is -2.15. The molecular weight excluding hydrogens is 245 g/mol. The van der Waals surface area contributed by atoms with Gasteiger partial charge in [-0.3, -0.25) is 5.43 Å². The monoisotopic (exact) mass is 254 g/mol. The molecule has 0 saturated heterocycles. The summed E-state index contributed by atoms with van der Waals surface area (Å²) in [5.74, 6) is 5.18. The third kappa shape index (κ3) is 2.40. The number of rotatable bonds is 2. The number of benzene rings is 1. The Morgan fingerprint density at radius 1 is 1.11 bits per heavy atom. The van der Waals surface area contributed by atoms with Crippen molar-refractivity contribution in [1.82, 2.24) is 9.97 Å². The average molecular weight is 254 g/mol. The van der Waals surface area contributed by atoms with E-state index < -0.39 is 11.7 Å².